The zero-order valence-corrected chi connectivity index (χ0v) is 9.92. The number of likely N-dealkylation sites (N-methyl/N-ethyl adjacent to an activating group) is 1. The third kappa shape index (κ3) is 4.20. The molecule has 15 heavy (non-hydrogen) atoms. The van der Waals surface area contributed by atoms with Crippen molar-refractivity contribution < 1.29 is 9.53 Å². The van der Waals surface area contributed by atoms with E-state index in [1.165, 1.54) is 19.3 Å². The van der Waals surface area contributed by atoms with E-state index in [9.17, 15) is 4.79 Å². The van der Waals surface area contributed by atoms with Gasteiger partial charge in [0.25, 0.3) is 0 Å². The van der Waals surface area contributed by atoms with Gasteiger partial charge in [-0.1, -0.05) is 26.2 Å². The summed E-state index contributed by atoms with van der Waals surface area (Å²) in [6, 6.07) is 0. The predicted molar refractivity (Wildman–Crippen MR) is 60.7 cm³/mol. The molecule has 0 heterocycles. The highest BCUT2D eigenvalue weighted by atomic mass is 16.5. The molecular weight excluding hydrogens is 190 g/mol. The van der Waals surface area contributed by atoms with Crippen LogP contribution in [-0.2, 0) is 9.53 Å². The summed E-state index contributed by atoms with van der Waals surface area (Å²) in [6.07, 6.45) is 6.89. The molecule has 1 N–H and O–H groups in total. The van der Waals surface area contributed by atoms with Gasteiger partial charge in [0.1, 0.15) is 6.10 Å². The number of hydrogen-bond acceptors (Lipinski definition) is 2. The first-order valence-electron chi connectivity index (χ1n) is 6.21. The molecule has 0 spiro atoms. The number of carbonyl (C=O) groups is 1. The average Bonchev–Trinajstić information content (AvgIpc) is 2.27. The Morgan fingerprint density at radius 3 is 2.53 bits per heavy atom. The number of hydrogen-bond donors (Lipinski definition) is 1. The SMILES string of the molecule is CCNC(=O)C(CC)OC1CCCCC1. The number of amides is 1. The van der Waals surface area contributed by atoms with Crippen LogP contribution < -0.4 is 5.32 Å². The van der Waals surface area contributed by atoms with Gasteiger partial charge in [0.15, 0.2) is 0 Å². The summed E-state index contributed by atoms with van der Waals surface area (Å²) >= 11 is 0. The fraction of sp³-hybridized carbons (Fsp3) is 0.917. The Hall–Kier alpha value is -0.570. The van der Waals surface area contributed by atoms with Crippen molar-refractivity contribution in [3.8, 4) is 0 Å². The summed E-state index contributed by atoms with van der Waals surface area (Å²) in [6.45, 7) is 4.62. The lowest BCUT2D eigenvalue weighted by atomic mass is 9.97. The molecule has 0 bridgehead atoms. The number of ether oxygens (including phenoxy) is 1. The lowest BCUT2D eigenvalue weighted by Crippen LogP contribution is -2.38. The minimum Gasteiger partial charge on any atom is -0.365 e. The van der Waals surface area contributed by atoms with Crippen LogP contribution in [0.3, 0.4) is 0 Å². The van der Waals surface area contributed by atoms with Gasteiger partial charge >= 0.3 is 0 Å². The maximum Gasteiger partial charge on any atom is 0.249 e. The molecule has 1 atom stereocenters. The van der Waals surface area contributed by atoms with Gasteiger partial charge in [0.2, 0.25) is 5.91 Å². The summed E-state index contributed by atoms with van der Waals surface area (Å²) in [5.41, 5.74) is 0. The molecule has 1 fully saturated rings. The van der Waals surface area contributed by atoms with Crippen molar-refractivity contribution in [2.24, 2.45) is 0 Å². The van der Waals surface area contributed by atoms with Crippen molar-refractivity contribution >= 4 is 5.91 Å². The minimum atomic E-state index is -0.243. The predicted octanol–water partition coefficient (Wildman–Crippen LogP) is 2.25. The summed E-state index contributed by atoms with van der Waals surface area (Å²) in [5, 5.41) is 2.82. The van der Waals surface area contributed by atoms with Gasteiger partial charge in [-0.05, 0) is 26.2 Å². The second-order valence-electron chi connectivity index (χ2n) is 4.19. The third-order valence-electron chi connectivity index (χ3n) is 2.92. The maximum absolute atomic E-state index is 11.6. The van der Waals surface area contributed by atoms with Gasteiger partial charge in [-0.3, -0.25) is 4.79 Å². The fourth-order valence-electron chi connectivity index (χ4n) is 2.07. The molecule has 0 aromatic carbocycles. The Labute approximate surface area is 92.6 Å². The lowest BCUT2D eigenvalue weighted by Gasteiger charge is -2.26. The van der Waals surface area contributed by atoms with Crippen LogP contribution in [0.5, 0.6) is 0 Å². The van der Waals surface area contributed by atoms with Gasteiger partial charge in [-0.15, -0.1) is 0 Å². The van der Waals surface area contributed by atoms with Crippen molar-refractivity contribution in [3.63, 3.8) is 0 Å². The maximum atomic E-state index is 11.6. The number of carbonyl (C=O) groups excluding carboxylic acids is 1. The monoisotopic (exact) mass is 213 g/mol. The van der Waals surface area contributed by atoms with Crippen LogP contribution in [0.15, 0.2) is 0 Å². The normalized spacial score (nSPS) is 19.9. The highest BCUT2D eigenvalue weighted by Gasteiger charge is 2.22. The van der Waals surface area contributed by atoms with Gasteiger partial charge in [-0.25, -0.2) is 0 Å². The molecule has 1 amide bonds. The van der Waals surface area contributed by atoms with Crippen molar-refractivity contribution in [2.75, 3.05) is 6.54 Å². The van der Waals surface area contributed by atoms with Crippen molar-refractivity contribution in [1.82, 2.24) is 5.32 Å². The minimum absolute atomic E-state index is 0.0468. The van der Waals surface area contributed by atoms with E-state index in [1.54, 1.807) is 0 Å². The Kier molecular flexibility index (Phi) is 5.69. The Bertz CT molecular complexity index is 188. The van der Waals surface area contributed by atoms with E-state index in [-0.39, 0.29) is 12.0 Å². The van der Waals surface area contributed by atoms with Crippen LogP contribution in [0.2, 0.25) is 0 Å². The van der Waals surface area contributed by atoms with Crippen LogP contribution in [-0.4, -0.2) is 24.7 Å². The number of rotatable bonds is 5. The molecule has 1 aliphatic rings. The van der Waals surface area contributed by atoms with Crippen molar-refractivity contribution in [1.29, 1.82) is 0 Å². The standard InChI is InChI=1S/C12H23NO2/c1-3-11(12(14)13-4-2)15-10-8-6-5-7-9-10/h10-11H,3-9H2,1-2H3,(H,13,14). The molecule has 0 radical (unpaired) electrons. The van der Waals surface area contributed by atoms with Crippen LogP contribution in [0.25, 0.3) is 0 Å². The van der Waals surface area contributed by atoms with Gasteiger partial charge in [0.05, 0.1) is 6.10 Å². The lowest BCUT2D eigenvalue weighted by molar-refractivity contribution is -0.138. The summed E-state index contributed by atoms with van der Waals surface area (Å²) < 4.78 is 5.84. The van der Waals surface area contributed by atoms with E-state index < -0.39 is 0 Å². The average molecular weight is 213 g/mol. The molecule has 1 aliphatic carbocycles. The molecule has 3 nitrogen and oxygen atoms in total. The molecule has 88 valence electrons. The summed E-state index contributed by atoms with van der Waals surface area (Å²) in [5.74, 6) is 0.0468. The second kappa shape index (κ2) is 6.83. The number of nitrogens with one attached hydrogen (secondary N) is 1. The topological polar surface area (TPSA) is 38.3 Å². The summed E-state index contributed by atoms with van der Waals surface area (Å²) in [7, 11) is 0. The Morgan fingerprint density at radius 1 is 1.33 bits per heavy atom. The molecule has 0 aliphatic heterocycles. The molecular formula is C12H23NO2. The molecule has 1 unspecified atom stereocenters. The van der Waals surface area contributed by atoms with Crippen LogP contribution in [0.1, 0.15) is 52.4 Å². The van der Waals surface area contributed by atoms with Gasteiger partial charge < -0.3 is 10.1 Å². The molecule has 0 aromatic heterocycles. The molecule has 3 heteroatoms. The first-order chi connectivity index (χ1) is 7.27. The van der Waals surface area contributed by atoms with Crippen LogP contribution in [0, 0.1) is 0 Å². The highest BCUT2D eigenvalue weighted by molar-refractivity contribution is 5.80. The molecule has 1 saturated carbocycles. The van der Waals surface area contributed by atoms with E-state index in [2.05, 4.69) is 5.32 Å². The third-order valence-corrected chi connectivity index (χ3v) is 2.92. The quantitative estimate of drug-likeness (QED) is 0.760. The first kappa shape index (κ1) is 12.5. The zero-order valence-electron chi connectivity index (χ0n) is 9.92. The van der Waals surface area contributed by atoms with Gasteiger partial charge in [-0.2, -0.15) is 0 Å². The van der Waals surface area contributed by atoms with Crippen molar-refractivity contribution in [3.05, 3.63) is 0 Å². The smallest absolute Gasteiger partial charge is 0.249 e. The largest absolute Gasteiger partial charge is 0.365 e. The van der Waals surface area contributed by atoms with Crippen LogP contribution in [0.4, 0.5) is 0 Å². The second-order valence-corrected chi connectivity index (χ2v) is 4.19. The first-order valence-corrected chi connectivity index (χ1v) is 6.21. The zero-order chi connectivity index (χ0) is 11.1. The van der Waals surface area contributed by atoms with Gasteiger partial charge in [0, 0.05) is 6.54 Å². The Balaban J connectivity index is 2.34. The summed E-state index contributed by atoms with van der Waals surface area (Å²) in [4.78, 5) is 11.6. The van der Waals surface area contributed by atoms with E-state index >= 15 is 0 Å². The van der Waals surface area contributed by atoms with E-state index in [0.29, 0.717) is 12.6 Å². The van der Waals surface area contributed by atoms with E-state index in [0.717, 1.165) is 19.3 Å². The highest BCUT2D eigenvalue weighted by Crippen LogP contribution is 2.22. The molecule has 0 saturated heterocycles. The van der Waals surface area contributed by atoms with Crippen LogP contribution >= 0.6 is 0 Å². The Morgan fingerprint density at radius 2 is 2.00 bits per heavy atom. The fourth-order valence-corrected chi connectivity index (χ4v) is 2.07. The van der Waals surface area contributed by atoms with E-state index in [4.69, 9.17) is 4.74 Å². The molecule has 0 aromatic rings. The van der Waals surface area contributed by atoms with Crippen molar-refractivity contribution in [2.45, 2.75) is 64.6 Å². The molecule has 1 rings (SSSR count). The van der Waals surface area contributed by atoms with E-state index in [1.807, 2.05) is 13.8 Å².